The number of carboxylic acids is 1. The minimum absolute atomic E-state index is 0.350. The molecule has 1 saturated heterocycles. The van der Waals surface area contributed by atoms with Gasteiger partial charge in [-0.2, -0.15) is 0 Å². The highest BCUT2D eigenvalue weighted by atomic mass is 79.9. The minimum atomic E-state index is -0.863. The highest BCUT2D eigenvalue weighted by molar-refractivity contribution is 9.10. The van der Waals surface area contributed by atoms with Crippen molar-refractivity contribution in [3.8, 4) is 0 Å². The Bertz CT molecular complexity index is 519. The Kier molecular flexibility index (Phi) is 4.09. The predicted molar refractivity (Wildman–Crippen MR) is 75.3 cm³/mol. The summed E-state index contributed by atoms with van der Waals surface area (Å²) in [5.41, 5.74) is 6.33. The van der Waals surface area contributed by atoms with E-state index in [0.717, 1.165) is 17.3 Å². The lowest BCUT2D eigenvalue weighted by molar-refractivity contribution is -0.139. The van der Waals surface area contributed by atoms with Crippen molar-refractivity contribution in [3.05, 3.63) is 28.2 Å². The molecule has 1 fully saturated rings. The molecule has 0 aromatic heterocycles. The third kappa shape index (κ3) is 2.89. The van der Waals surface area contributed by atoms with Crippen LogP contribution in [0.25, 0.3) is 0 Å². The van der Waals surface area contributed by atoms with Crippen LogP contribution in [0.1, 0.15) is 29.6 Å². The van der Waals surface area contributed by atoms with Crippen molar-refractivity contribution in [2.24, 2.45) is 5.73 Å². The first kappa shape index (κ1) is 13.9. The number of piperidine rings is 1. The van der Waals surface area contributed by atoms with Crippen LogP contribution in [0, 0.1) is 0 Å². The predicted octanol–water partition coefficient (Wildman–Crippen LogP) is 1.99. The summed E-state index contributed by atoms with van der Waals surface area (Å²) in [5, 5.41) is 9.29. The molecule has 102 valence electrons. The monoisotopic (exact) mass is 326 g/mol. The standard InChI is InChI=1S/C13H15BrN2O3/c14-8-4-5-10(9(7-8)12(15)17)16-6-2-1-3-11(16)13(18)19/h4-5,7,11H,1-3,6H2,(H2,15,17)(H,18,19). The number of carbonyl (C=O) groups excluding carboxylic acids is 1. The molecule has 1 amide bonds. The summed E-state index contributed by atoms with van der Waals surface area (Å²) in [6.45, 7) is 0.624. The first-order chi connectivity index (χ1) is 9.00. The van der Waals surface area contributed by atoms with E-state index >= 15 is 0 Å². The molecule has 6 heteroatoms. The Labute approximate surface area is 119 Å². The van der Waals surface area contributed by atoms with Crippen molar-refractivity contribution in [2.45, 2.75) is 25.3 Å². The second kappa shape index (κ2) is 5.61. The molecule has 0 bridgehead atoms. The number of aliphatic carboxylic acids is 1. The van der Waals surface area contributed by atoms with Gasteiger partial charge in [-0.15, -0.1) is 0 Å². The Morgan fingerprint density at radius 2 is 2.11 bits per heavy atom. The summed E-state index contributed by atoms with van der Waals surface area (Å²) in [6, 6.07) is 4.57. The van der Waals surface area contributed by atoms with Crippen LogP contribution in [0.4, 0.5) is 5.69 Å². The number of benzene rings is 1. The zero-order valence-corrected chi connectivity index (χ0v) is 11.9. The largest absolute Gasteiger partial charge is 0.480 e. The van der Waals surface area contributed by atoms with Gasteiger partial charge in [0, 0.05) is 11.0 Å². The van der Waals surface area contributed by atoms with Gasteiger partial charge in [0.05, 0.1) is 11.3 Å². The number of rotatable bonds is 3. The maximum atomic E-state index is 11.5. The Balaban J connectivity index is 2.44. The SMILES string of the molecule is NC(=O)c1cc(Br)ccc1N1CCCCC1C(=O)O. The van der Waals surface area contributed by atoms with Crippen molar-refractivity contribution in [2.75, 3.05) is 11.4 Å². The first-order valence-corrected chi connectivity index (χ1v) is 6.89. The van der Waals surface area contributed by atoms with E-state index in [1.165, 1.54) is 0 Å². The number of hydrogen-bond donors (Lipinski definition) is 2. The zero-order valence-electron chi connectivity index (χ0n) is 10.3. The average molecular weight is 327 g/mol. The molecule has 1 aliphatic rings. The van der Waals surface area contributed by atoms with Gasteiger partial charge in [0.15, 0.2) is 0 Å². The lowest BCUT2D eigenvalue weighted by atomic mass is 9.99. The van der Waals surface area contributed by atoms with Crippen molar-refractivity contribution < 1.29 is 14.7 Å². The van der Waals surface area contributed by atoms with Gasteiger partial charge in [-0.3, -0.25) is 4.79 Å². The smallest absolute Gasteiger partial charge is 0.326 e. The van der Waals surface area contributed by atoms with Crippen molar-refractivity contribution in [1.29, 1.82) is 0 Å². The fourth-order valence-electron chi connectivity index (χ4n) is 2.43. The molecule has 1 atom stereocenters. The Hall–Kier alpha value is -1.56. The average Bonchev–Trinajstić information content (AvgIpc) is 2.38. The molecule has 19 heavy (non-hydrogen) atoms. The highest BCUT2D eigenvalue weighted by Crippen LogP contribution is 2.30. The van der Waals surface area contributed by atoms with Crippen LogP contribution in [0.3, 0.4) is 0 Å². The highest BCUT2D eigenvalue weighted by Gasteiger charge is 2.30. The minimum Gasteiger partial charge on any atom is -0.480 e. The lowest BCUT2D eigenvalue weighted by Crippen LogP contribution is -2.45. The van der Waals surface area contributed by atoms with Gasteiger partial charge in [0.25, 0.3) is 5.91 Å². The summed E-state index contributed by atoms with van der Waals surface area (Å²) in [6.07, 6.45) is 2.39. The summed E-state index contributed by atoms with van der Waals surface area (Å²) in [5.74, 6) is -1.41. The van der Waals surface area contributed by atoms with E-state index in [9.17, 15) is 14.7 Å². The van der Waals surface area contributed by atoms with Gasteiger partial charge in [-0.1, -0.05) is 15.9 Å². The molecule has 0 aliphatic carbocycles. The van der Waals surface area contributed by atoms with E-state index in [0.29, 0.717) is 24.2 Å². The van der Waals surface area contributed by atoms with E-state index < -0.39 is 17.9 Å². The number of carbonyl (C=O) groups is 2. The third-order valence-corrected chi connectivity index (χ3v) is 3.81. The molecule has 1 aromatic carbocycles. The number of amides is 1. The first-order valence-electron chi connectivity index (χ1n) is 6.09. The molecule has 1 heterocycles. The normalized spacial score (nSPS) is 19.2. The van der Waals surface area contributed by atoms with Gasteiger partial charge in [-0.05, 0) is 37.5 Å². The van der Waals surface area contributed by atoms with Crippen molar-refractivity contribution in [1.82, 2.24) is 0 Å². The number of primary amides is 1. The zero-order chi connectivity index (χ0) is 14.0. The molecule has 3 N–H and O–H groups in total. The summed E-state index contributed by atoms with van der Waals surface area (Å²) < 4.78 is 0.744. The van der Waals surface area contributed by atoms with E-state index in [1.807, 2.05) is 0 Å². The Morgan fingerprint density at radius 1 is 1.37 bits per heavy atom. The van der Waals surface area contributed by atoms with Crippen LogP contribution in [0.2, 0.25) is 0 Å². The lowest BCUT2D eigenvalue weighted by Gasteiger charge is -2.35. The summed E-state index contributed by atoms with van der Waals surface area (Å²) in [7, 11) is 0. The Morgan fingerprint density at radius 3 is 2.74 bits per heavy atom. The number of nitrogens with zero attached hydrogens (tertiary/aromatic N) is 1. The van der Waals surface area contributed by atoms with Crippen LogP contribution in [-0.4, -0.2) is 29.6 Å². The molecular formula is C13H15BrN2O3. The topological polar surface area (TPSA) is 83.6 Å². The number of hydrogen-bond acceptors (Lipinski definition) is 3. The number of carboxylic acid groups (broad SMARTS) is 1. The third-order valence-electron chi connectivity index (χ3n) is 3.32. The van der Waals surface area contributed by atoms with Crippen LogP contribution >= 0.6 is 15.9 Å². The van der Waals surface area contributed by atoms with E-state index in [-0.39, 0.29) is 0 Å². The van der Waals surface area contributed by atoms with Gasteiger partial charge < -0.3 is 15.7 Å². The van der Waals surface area contributed by atoms with Crippen LogP contribution in [0.5, 0.6) is 0 Å². The second-order valence-corrected chi connectivity index (χ2v) is 5.48. The maximum absolute atomic E-state index is 11.5. The van der Waals surface area contributed by atoms with Gasteiger partial charge in [0.2, 0.25) is 0 Å². The number of anilines is 1. The molecule has 1 aromatic rings. The van der Waals surface area contributed by atoms with Crippen LogP contribution in [-0.2, 0) is 4.79 Å². The fraction of sp³-hybridized carbons (Fsp3) is 0.385. The molecule has 5 nitrogen and oxygen atoms in total. The van der Waals surface area contributed by atoms with Crippen LogP contribution < -0.4 is 10.6 Å². The second-order valence-electron chi connectivity index (χ2n) is 4.57. The quantitative estimate of drug-likeness (QED) is 0.889. The van der Waals surface area contributed by atoms with Crippen molar-refractivity contribution >= 4 is 33.5 Å². The van der Waals surface area contributed by atoms with E-state index in [2.05, 4.69) is 15.9 Å². The molecule has 0 radical (unpaired) electrons. The molecule has 0 spiro atoms. The van der Waals surface area contributed by atoms with Crippen LogP contribution in [0.15, 0.2) is 22.7 Å². The van der Waals surface area contributed by atoms with Crippen molar-refractivity contribution in [3.63, 3.8) is 0 Å². The van der Waals surface area contributed by atoms with Gasteiger partial charge in [0.1, 0.15) is 6.04 Å². The van der Waals surface area contributed by atoms with E-state index in [4.69, 9.17) is 5.73 Å². The molecule has 1 unspecified atom stereocenters. The summed E-state index contributed by atoms with van der Waals surface area (Å²) in [4.78, 5) is 24.6. The fourth-order valence-corrected chi connectivity index (χ4v) is 2.79. The number of halogens is 1. The molecule has 0 saturated carbocycles. The summed E-state index contributed by atoms with van der Waals surface area (Å²) >= 11 is 3.29. The van der Waals surface area contributed by atoms with Gasteiger partial charge >= 0.3 is 5.97 Å². The molecule has 2 rings (SSSR count). The van der Waals surface area contributed by atoms with E-state index in [1.54, 1.807) is 23.1 Å². The number of nitrogens with two attached hydrogens (primary N) is 1. The van der Waals surface area contributed by atoms with Gasteiger partial charge in [-0.25, -0.2) is 4.79 Å². The maximum Gasteiger partial charge on any atom is 0.326 e. The molecule has 1 aliphatic heterocycles. The molecular weight excluding hydrogens is 312 g/mol.